The highest BCUT2D eigenvalue weighted by Crippen LogP contribution is 2.37. The molecular weight excluding hydrogens is 344 g/mol. The number of nitrogens with one attached hydrogen (secondary N) is 1. The first-order valence-corrected chi connectivity index (χ1v) is 11.4. The van der Waals surface area contributed by atoms with Crippen molar-refractivity contribution in [1.29, 1.82) is 0 Å². The number of amidine groups is 1. The van der Waals surface area contributed by atoms with E-state index in [1.807, 2.05) is 0 Å². The fraction of sp³-hybridized carbons (Fsp3) is 0.900. The number of carbonyl (C=O) groups is 1. The van der Waals surface area contributed by atoms with Crippen molar-refractivity contribution in [3.63, 3.8) is 0 Å². The van der Waals surface area contributed by atoms with Gasteiger partial charge >= 0.3 is 0 Å². The zero-order chi connectivity index (χ0) is 18.4. The molecule has 3 aliphatic rings. The normalized spacial score (nSPS) is 31.3. The summed E-state index contributed by atoms with van der Waals surface area (Å²) >= 11 is 1.68. The molecule has 1 saturated carbocycles. The first kappa shape index (κ1) is 20.2. The molecule has 2 heterocycles. The van der Waals surface area contributed by atoms with Crippen LogP contribution in [-0.4, -0.2) is 71.4 Å². The van der Waals surface area contributed by atoms with Crippen molar-refractivity contribution in [3.05, 3.63) is 0 Å². The van der Waals surface area contributed by atoms with Crippen molar-refractivity contribution in [3.8, 4) is 0 Å². The first-order chi connectivity index (χ1) is 12.5. The van der Waals surface area contributed by atoms with E-state index in [-0.39, 0.29) is 10.7 Å². The van der Waals surface area contributed by atoms with E-state index in [2.05, 4.69) is 29.1 Å². The largest absolute Gasteiger partial charge is 0.304 e. The Morgan fingerprint density at radius 2 is 1.81 bits per heavy atom. The van der Waals surface area contributed by atoms with Crippen LogP contribution in [0.1, 0.15) is 64.7 Å². The number of rotatable bonds is 6. The summed E-state index contributed by atoms with van der Waals surface area (Å²) in [6.45, 7) is 7.98. The standard InChI is InChI=1S/C20H36N4OS/c1-20(11-7-8-12-24-15-13-23(2)14-16-24)18(25)22-19(26-20)21-17-9-5-3-4-6-10-17/h17H,3-16H2,1-2H3,(H,21,22,25). The minimum Gasteiger partial charge on any atom is -0.304 e. The lowest BCUT2D eigenvalue weighted by molar-refractivity contribution is -0.121. The van der Waals surface area contributed by atoms with E-state index in [0.717, 1.165) is 18.0 Å². The summed E-state index contributed by atoms with van der Waals surface area (Å²) in [4.78, 5) is 22.4. The lowest BCUT2D eigenvalue weighted by Crippen LogP contribution is -2.44. The predicted molar refractivity (Wildman–Crippen MR) is 111 cm³/mol. The van der Waals surface area contributed by atoms with E-state index in [1.54, 1.807) is 11.8 Å². The number of thioether (sulfide) groups is 1. The Kier molecular flexibility index (Phi) is 7.41. The number of unbranched alkanes of at least 4 members (excludes halogenated alkanes) is 1. The summed E-state index contributed by atoms with van der Waals surface area (Å²) in [7, 11) is 2.20. The molecule has 2 saturated heterocycles. The highest BCUT2D eigenvalue weighted by molar-refractivity contribution is 8.16. The van der Waals surface area contributed by atoms with Gasteiger partial charge in [-0.2, -0.15) is 0 Å². The van der Waals surface area contributed by atoms with Crippen LogP contribution >= 0.6 is 11.8 Å². The molecule has 1 unspecified atom stereocenters. The molecule has 0 radical (unpaired) electrons. The van der Waals surface area contributed by atoms with Gasteiger partial charge in [-0.25, -0.2) is 0 Å². The van der Waals surface area contributed by atoms with Crippen LogP contribution in [0.5, 0.6) is 0 Å². The molecule has 0 spiro atoms. The van der Waals surface area contributed by atoms with Crippen molar-refractivity contribution >= 4 is 22.8 Å². The van der Waals surface area contributed by atoms with Crippen LogP contribution in [0.4, 0.5) is 0 Å². The SMILES string of the molecule is CN1CCN(CCCCC2(C)SC(=NC3CCCCCC3)NC2=O)CC1. The van der Waals surface area contributed by atoms with E-state index in [9.17, 15) is 4.79 Å². The topological polar surface area (TPSA) is 47.9 Å². The molecule has 5 nitrogen and oxygen atoms in total. The zero-order valence-corrected chi connectivity index (χ0v) is 17.5. The molecule has 1 aliphatic carbocycles. The second kappa shape index (κ2) is 9.56. The fourth-order valence-electron chi connectivity index (χ4n) is 4.16. The van der Waals surface area contributed by atoms with Gasteiger partial charge in [-0.1, -0.05) is 43.9 Å². The molecule has 6 heteroatoms. The Morgan fingerprint density at radius 1 is 1.12 bits per heavy atom. The van der Waals surface area contributed by atoms with Gasteiger partial charge < -0.3 is 15.1 Å². The highest BCUT2D eigenvalue weighted by atomic mass is 32.2. The zero-order valence-electron chi connectivity index (χ0n) is 16.6. The van der Waals surface area contributed by atoms with E-state index in [0.29, 0.717) is 6.04 Å². The van der Waals surface area contributed by atoms with Crippen LogP contribution in [0.15, 0.2) is 4.99 Å². The molecule has 2 aliphatic heterocycles. The van der Waals surface area contributed by atoms with Crippen LogP contribution in [0.2, 0.25) is 0 Å². The second-order valence-electron chi connectivity index (χ2n) is 8.47. The summed E-state index contributed by atoms with van der Waals surface area (Å²) in [6.07, 6.45) is 10.8. The van der Waals surface area contributed by atoms with Crippen LogP contribution < -0.4 is 5.32 Å². The lowest BCUT2D eigenvalue weighted by Gasteiger charge is -2.32. The van der Waals surface area contributed by atoms with Crippen LogP contribution in [-0.2, 0) is 4.79 Å². The average Bonchev–Trinajstić information content (AvgIpc) is 2.79. The van der Waals surface area contributed by atoms with Gasteiger partial charge in [0.25, 0.3) is 0 Å². The van der Waals surface area contributed by atoms with E-state index in [1.165, 1.54) is 77.7 Å². The molecule has 1 N–H and O–H groups in total. The molecular formula is C20H36N4OS. The Balaban J connectivity index is 1.41. The molecule has 1 amide bonds. The lowest BCUT2D eigenvalue weighted by atomic mass is 10.0. The van der Waals surface area contributed by atoms with Crippen LogP contribution in [0, 0.1) is 0 Å². The van der Waals surface area contributed by atoms with Crippen molar-refractivity contribution in [2.24, 2.45) is 4.99 Å². The van der Waals surface area contributed by atoms with Crippen LogP contribution in [0.25, 0.3) is 0 Å². The van der Waals surface area contributed by atoms with E-state index < -0.39 is 0 Å². The van der Waals surface area contributed by atoms with Gasteiger partial charge in [-0.15, -0.1) is 0 Å². The number of piperazine rings is 1. The number of nitrogens with zero attached hydrogens (tertiary/aromatic N) is 3. The highest BCUT2D eigenvalue weighted by Gasteiger charge is 2.42. The molecule has 0 aromatic heterocycles. The van der Waals surface area contributed by atoms with Gasteiger partial charge in [0.05, 0.1) is 10.8 Å². The summed E-state index contributed by atoms with van der Waals surface area (Å²) in [5, 5.41) is 3.94. The molecule has 0 aromatic rings. The number of hydrogen-bond donors (Lipinski definition) is 1. The molecule has 0 aromatic carbocycles. The quantitative estimate of drug-likeness (QED) is 0.568. The third-order valence-electron chi connectivity index (χ3n) is 6.12. The minimum absolute atomic E-state index is 0.162. The van der Waals surface area contributed by atoms with Gasteiger partial charge in [0.2, 0.25) is 5.91 Å². The maximum Gasteiger partial charge on any atom is 0.242 e. The summed E-state index contributed by atoms with van der Waals surface area (Å²) < 4.78 is -0.328. The first-order valence-electron chi connectivity index (χ1n) is 10.5. The van der Waals surface area contributed by atoms with Crippen molar-refractivity contribution < 1.29 is 4.79 Å². The number of amides is 1. The Hall–Kier alpha value is -0.590. The summed E-state index contributed by atoms with van der Waals surface area (Å²) in [6, 6.07) is 0.417. The van der Waals surface area contributed by atoms with Gasteiger partial charge in [0.15, 0.2) is 5.17 Å². The second-order valence-corrected chi connectivity index (χ2v) is 9.96. The summed E-state index contributed by atoms with van der Waals surface area (Å²) in [5.41, 5.74) is 0. The maximum absolute atomic E-state index is 12.5. The monoisotopic (exact) mass is 380 g/mol. The molecule has 148 valence electrons. The number of likely N-dealkylation sites (N-methyl/N-ethyl adjacent to an activating group) is 1. The molecule has 3 fully saturated rings. The smallest absolute Gasteiger partial charge is 0.242 e. The average molecular weight is 381 g/mol. The Morgan fingerprint density at radius 3 is 2.50 bits per heavy atom. The third kappa shape index (κ3) is 5.70. The van der Waals surface area contributed by atoms with E-state index in [4.69, 9.17) is 4.99 Å². The molecule has 0 bridgehead atoms. The maximum atomic E-state index is 12.5. The van der Waals surface area contributed by atoms with Gasteiger partial charge in [0.1, 0.15) is 0 Å². The van der Waals surface area contributed by atoms with Gasteiger partial charge in [-0.05, 0) is 46.2 Å². The van der Waals surface area contributed by atoms with Gasteiger partial charge in [-0.3, -0.25) is 9.79 Å². The molecule has 26 heavy (non-hydrogen) atoms. The number of hydrogen-bond acceptors (Lipinski definition) is 5. The minimum atomic E-state index is -0.328. The Bertz CT molecular complexity index is 496. The van der Waals surface area contributed by atoms with Gasteiger partial charge in [0, 0.05) is 26.2 Å². The van der Waals surface area contributed by atoms with Crippen molar-refractivity contribution in [2.75, 3.05) is 39.8 Å². The Labute approximate surface area is 163 Å². The molecule has 1 atom stereocenters. The van der Waals surface area contributed by atoms with Crippen molar-refractivity contribution in [1.82, 2.24) is 15.1 Å². The molecule has 3 rings (SSSR count). The van der Waals surface area contributed by atoms with E-state index >= 15 is 0 Å². The van der Waals surface area contributed by atoms with Crippen molar-refractivity contribution in [2.45, 2.75) is 75.5 Å². The number of aliphatic imine (C=N–C) groups is 1. The van der Waals surface area contributed by atoms with Crippen LogP contribution in [0.3, 0.4) is 0 Å². The number of carbonyl (C=O) groups excluding carboxylic acids is 1. The summed E-state index contributed by atoms with van der Waals surface area (Å²) in [5.74, 6) is 0.162. The predicted octanol–water partition coefficient (Wildman–Crippen LogP) is 3.10. The fourth-order valence-corrected chi connectivity index (χ4v) is 5.32. The third-order valence-corrected chi connectivity index (χ3v) is 7.36.